The van der Waals surface area contributed by atoms with Crippen LogP contribution in [0, 0.1) is 6.92 Å². The largest absolute Gasteiger partial charge is 0.494 e. The Labute approximate surface area is 168 Å². The third-order valence-corrected chi connectivity index (χ3v) is 4.82. The van der Waals surface area contributed by atoms with Crippen LogP contribution < -0.4 is 10.1 Å². The van der Waals surface area contributed by atoms with Crippen molar-refractivity contribution in [3.8, 4) is 16.9 Å². The fraction of sp³-hybridized carbons (Fsp3) is 0.0833. The molecule has 0 saturated carbocycles. The fourth-order valence-corrected chi connectivity index (χ4v) is 3.55. The number of aryl methyl sites for hydroxylation is 1. The molecule has 0 aliphatic carbocycles. The first-order valence-electron chi connectivity index (χ1n) is 9.26. The monoisotopic (exact) mass is 384 g/mol. The Morgan fingerprint density at radius 1 is 0.862 bits per heavy atom. The second-order valence-corrected chi connectivity index (χ2v) is 6.66. The highest BCUT2D eigenvalue weighted by Crippen LogP contribution is 2.40. The highest BCUT2D eigenvalue weighted by Gasteiger charge is 2.29. The van der Waals surface area contributed by atoms with E-state index >= 15 is 0 Å². The molecule has 0 atom stereocenters. The van der Waals surface area contributed by atoms with Gasteiger partial charge < -0.3 is 14.5 Å². The number of nitrogens with zero attached hydrogens (tertiary/aromatic N) is 1. The Balaban J connectivity index is 1.93. The topological polar surface area (TPSA) is 59.8 Å². The predicted octanol–water partition coefficient (Wildman–Crippen LogP) is 4.74. The van der Waals surface area contributed by atoms with E-state index in [0.717, 1.165) is 16.8 Å². The molecule has 0 fully saturated rings. The summed E-state index contributed by atoms with van der Waals surface area (Å²) >= 11 is 0. The molecule has 4 rings (SSSR count). The second-order valence-electron chi connectivity index (χ2n) is 6.66. The maximum atomic E-state index is 13.4. The molecule has 0 bridgehead atoms. The van der Waals surface area contributed by atoms with Gasteiger partial charge in [0.2, 0.25) is 0 Å². The third kappa shape index (κ3) is 3.27. The molecular weight excluding hydrogens is 364 g/mol. The molecule has 0 aliphatic rings. The van der Waals surface area contributed by atoms with Gasteiger partial charge in [-0.25, -0.2) is 0 Å². The van der Waals surface area contributed by atoms with Gasteiger partial charge in [-0.05, 0) is 36.8 Å². The fourth-order valence-electron chi connectivity index (χ4n) is 3.55. The zero-order valence-electron chi connectivity index (χ0n) is 16.2. The molecule has 5 heteroatoms. The average Bonchev–Trinajstić information content (AvgIpc) is 3.10. The number of anilines is 1. The normalized spacial score (nSPS) is 10.7. The summed E-state index contributed by atoms with van der Waals surface area (Å²) in [5.74, 6) is -0.755. The van der Waals surface area contributed by atoms with Crippen molar-refractivity contribution in [3.63, 3.8) is 0 Å². The number of Topliss-reactive ketones (excluding diaryl/α,β-unsaturated/α-hetero) is 1. The summed E-state index contributed by atoms with van der Waals surface area (Å²) in [6.45, 7) is 1.90. The van der Waals surface area contributed by atoms with E-state index in [0.29, 0.717) is 17.0 Å². The molecule has 0 aliphatic heterocycles. The molecule has 29 heavy (non-hydrogen) atoms. The van der Waals surface area contributed by atoms with Crippen LogP contribution in [0.15, 0.2) is 78.9 Å². The van der Waals surface area contributed by atoms with Crippen LogP contribution in [0.25, 0.3) is 16.6 Å². The Bertz CT molecular complexity index is 1200. The number of ether oxygens (including phenoxy) is 1. The van der Waals surface area contributed by atoms with E-state index in [1.807, 2.05) is 61.5 Å². The molecule has 0 unspecified atom stereocenters. The van der Waals surface area contributed by atoms with E-state index in [1.165, 1.54) is 0 Å². The lowest BCUT2D eigenvalue weighted by atomic mass is 10.0. The highest BCUT2D eigenvalue weighted by atomic mass is 16.5. The average molecular weight is 384 g/mol. The smallest absolute Gasteiger partial charge is 0.298 e. The lowest BCUT2D eigenvalue weighted by molar-refractivity contribution is -0.112. The summed E-state index contributed by atoms with van der Waals surface area (Å²) in [6.07, 6.45) is 0. The van der Waals surface area contributed by atoms with Gasteiger partial charge in [0, 0.05) is 11.4 Å². The number of rotatable bonds is 5. The standard InChI is InChI=1S/C24H20N2O3/c1-16-10-9-15-19-23(29-2)20(17-11-5-3-6-12-17)21(26(16)19)22(27)24(28)25-18-13-7-4-8-14-18/h3-15H,1-2H3,(H,25,28). The first-order valence-corrected chi connectivity index (χ1v) is 9.26. The summed E-state index contributed by atoms with van der Waals surface area (Å²) < 4.78 is 7.48. The van der Waals surface area contributed by atoms with E-state index in [1.54, 1.807) is 35.8 Å². The number of aromatic nitrogens is 1. The van der Waals surface area contributed by atoms with Gasteiger partial charge >= 0.3 is 0 Å². The van der Waals surface area contributed by atoms with Crippen LogP contribution in [0.3, 0.4) is 0 Å². The number of carbonyl (C=O) groups is 2. The minimum Gasteiger partial charge on any atom is -0.494 e. The van der Waals surface area contributed by atoms with Gasteiger partial charge in [0.05, 0.1) is 18.2 Å². The van der Waals surface area contributed by atoms with Gasteiger partial charge in [0.25, 0.3) is 11.7 Å². The molecule has 0 radical (unpaired) electrons. The van der Waals surface area contributed by atoms with Gasteiger partial charge in [-0.1, -0.05) is 54.6 Å². The summed E-state index contributed by atoms with van der Waals surface area (Å²) in [4.78, 5) is 26.2. The van der Waals surface area contributed by atoms with Crippen LogP contribution in [0.5, 0.6) is 5.75 Å². The summed E-state index contributed by atoms with van der Waals surface area (Å²) in [5, 5.41) is 2.69. The first kappa shape index (κ1) is 18.5. The number of pyridine rings is 1. The summed E-state index contributed by atoms with van der Waals surface area (Å²) in [5.41, 5.74) is 3.84. The van der Waals surface area contributed by atoms with Crippen LogP contribution in [0.2, 0.25) is 0 Å². The number of ketones is 1. The Morgan fingerprint density at radius 2 is 1.52 bits per heavy atom. The van der Waals surface area contributed by atoms with Crippen LogP contribution in [0.1, 0.15) is 16.2 Å². The van der Waals surface area contributed by atoms with Crippen LogP contribution in [-0.4, -0.2) is 23.2 Å². The molecule has 1 N–H and O–H groups in total. The number of hydrogen-bond donors (Lipinski definition) is 1. The van der Waals surface area contributed by atoms with E-state index in [-0.39, 0.29) is 5.69 Å². The van der Waals surface area contributed by atoms with Crippen molar-refractivity contribution in [2.24, 2.45) is 0 Å². The van der Waals surface area contributed by atoms with Crippen LogP contribution in [0.4, 0.5) is 5.69 Å². The number of hydrogen-bond acceptors (Lipinski definition) is 3. The van der Waals surface area contributed by atoms with E-state index in [4.69, 9.17) is 4.74 Å². The molecule has 2 heterocycles. The Hall–Kier alpha value is -3.86. The summed E-state index contributed by atoms with van der Waals surface area (Å²) in [7, 11) is 1.57. The molecule has 2 aromatic carbocycles. The second kappa shape index (κ2) is 7.64. The van der Waals surface area contributed by atoms with Crippen molar-refractivity contribution < 1.29 is 14.3 Å². The number of benzene rings is 2. The minimum absolute atomic E-state index is 0.287. The van der Waals surface area contributed by atoms with Gasteiger partial charge in [0.15, 0.2) is 5.75 Å². The lowest BCUT2D eigenvalue weighted by Gasteiger charge is -2.09. The Kier molecular flexibility index (Phi) is 4.87. The molecular formula is C24H20N2O3. The first-order chi connectivity index (χ1) is 14.1. The lowest BCUT2D eigenvalue weighted by Crippen LogP contribution is -2.25. The van der Waals surface area contributed by atoms with Crippen molar-refractivity contribution in [2.45, 2.75) is 6.92 Å². The Morgan fingerprint density at radius 3 is 2.17 bits per heavy atom. The minimum atomic E-state index is -0.696. The van der Waals surface area contributed by atoms with E-state index < -0.39 is 11.7 Å². The van der Waals surface area contributed by atoms with Gasteiger partial charge in [-0.15, -0.1) is 0 Å². The number of carbonyl (C=O) groups excluding carboxylic acids is 2. The predicted molar refractivity (Wildman–Crippen MR) is 114 cm³/mol. The van der Waals surface area contributed by atoms with Crippen LogP contribution >= 0.6 is 0 Å². The number of nitrogens with one attached hydrogen (secondary N) is 1. The molecule has 144 valence electrons. The maximum Gasteiger partial charge on any atom is 0.298 e. The van der Waals surface area contributed by atoms with E-state index in [9.17, 15) is 9.59 Å². The molecule has 0 saturated heterocycles. The zero-order chi connectivity index (χ0) is 20.4. The van der Waals surface area contributed by atoms with Crippen molar-refractivity contribution >= 4 is 22.9 Å². The summed E-state index contributed by atoms with van der Waals surface area (Å²) in [6, 6.07) is 24.1. The zero-order valence-corrected chi connectivity index (χ0v) is 16.2. The van der Waals surface area contributed by atoms with Gasteiger partial charge in [-0.2, -0.15) is 0 Å². The molecule has 0 spiro atoms. The number of methoxy groups -OCH3 is 1. The SMILES string of the molecule is COc1c(-c2ccccc2)c(C(=O)C(=O)Nc2ccccc2)n2c(C)cccc12. The number of fused-ring (bicyclic) bond motifs is 1. The third-order valence-electron chi connectivity index (χ3n) is 4.82. The van der Waals surface area contributed by atoms with Gasteiger partial charge in [-0.3, -0.25) is 9.59 Å². The van der Waals surface area contributed by atoms with Crippen molar-refractivity contribution in [3.05, 3.63) is 90.3 Å². The van der Waals surface area contributed by atoms with Crippen molar-refractivity contribution in [1.29, 1.82) is 0 Å². The van der Waals surface area contributed by atoms with Crippen molar-refractivity contribution in [1.82, 2.24) is 4.40 Å². The number of amides is 1. The molecule has 2 aromatic heterocycles. The quantitative estimate of drug-likeness (QED) is 0.399. The van der Waals surface area contributed by atoms with Gasteiger partial charge in [0.1, 0.15) is 5.69 Å². The molecule has 5 nitrogen and oxygen atoms in total. The van der Waals surface area contributed by atoms with Crippen LogP contribution in [-0.2, 0) is 4.79 Å². The highest BCUT2D eigenvalue weighted by molar-refractivity contribution is 6.47. The van der Waals surface area contributed by atoms with E-state index in [2.05, 4.69) is 5.32 Å². The molecule has 1 amide bonds. The maximum absolute atomic E-state index is 13.4. The van der Waals surface area contributed by atoms with Crippen molar-refractivity contribution in [2.75, 3.05) is 12.4 Å². The molecule has 4 aromatic rings. The number of para-hydroxylation sites is 1.